The maximum Gasteiger partial charge on any atom is 0.265 e. The highest BCUT2D eigenvalue weighted by atomic mass is 19.1. The molecule has 0 fully saturated rings. The van der Waals surface area contributed by atoms with E-state index >= 15 is 0 Å². The first-order valence-electron chi connectivity index (χ1n) is 9.84. The fraction of sp³-hybridized carbons (Fsp3) is 0.125. The third-order valence-electron chi connectivity index (χ3n) is 4.67. The van der Waals surface area contributed by atoms with E-state index in [9.17, 15) is 9.18 Å². The molecule has 1 N–H and O–H groups in total. The molecule has 4 aromatic rings. The fourth-order valence-electron chi connectivity index (χ4n) is 2.96. The Morgan fingerprint density at radius 2 is 1.62 bits per heavy atom. The first-order valence-corrected chi connectivity index (χ1v) is 9.84. The van der Waals surface area contributed by atoms with Crippen LogP contribution in [-0.4, -0.2) is 29.3 Å². The summed E-state index contributed by atoms with van der Waals surface area (Å²) in [5, 5.41) is 6.74. The normalized spacial score (nSPS) is 11.6. The van der Waals surface area contributed by atoms with Gasteiger partial charge in [-0.2, -0.15) is 4.98 Å². The van der Waals surface area contributed by atoms with Gasteiger partial charge in [0.2, 0.25) is 5.82 Å². The molecule has 0 aliphatic carbocycles. The summed E-state index contributed by atoms with van der Waals surface area (Å²) in [5.74, 6) is 1.07. The zero-order valence-corrected chi connectivity index (χ0v) is 17.4. The Morgan fingerprint density at radius 1 is 0.969 bits per heavy atom. The first-order chi connectivity index (χ1) is 15.5. The molecule has 0 spiro atoms. The summed E-state index contributed by atoms with van der Waals surface area (Å²) in [6, 6.07) is 19.9. The number of carbonyl (C=O) groups excluding carboxylic acids is 1. The van der Waals surface area contributed by atoms with Gasteiger partial charge in [0.05, 0.1) is 7.11 Å². The zero-order valence-electron chi connectivity index (χ0n) is 17.4. The number of hydrogen-bond acceptors (Lipinski definition) is 6. The molecule has 0 unspecified atom stereocenters. The van der Waals surface area contributed by atoms with Crippen molar-refractivity contribution in [3.05, 3.63) is 78.6 Å². The highest BCUT2D eigenvalue weighted by Gasteiger charge is 2.17. The topological polar surface area (TPSA) is 86.5 Å². The summed E-state index contributed by atoms with van der Waals surface area (Å²) in [5.41, 5.74) is 1.92. The summed E-state index contributed by atoms with van der Waals surface area (Å²) in [6.45, 7) is 1.66. The number of ether oxygens (including phenoxy) is 2. The lowest BCUT2D eigenvalue weighted by molar-refractivity contribution is -0.122. The molecule has 0 aliphatic heterocycles. The number of aromatic nitrogens is 2. The van der Waals surface area contributed by atoms with Crippen molar-refractivity contribution in [2.45, 2.75) is 13.0 Å². The molecule has 32 heavy (non-hydrogen) atoms. The van der Waals surface area contributed by atoms with E-state index in [1.165, 1.54) is 12.1 Å². The molecule has 1 amide bonds. The molecular weight excluding hydrogens is 413 g/mol. The first kappa shape index (κ1) is 21.0. The summed E-state index contributed by atoms with van der Waals surface area (Å²) in [6.07, 6.45) is -0.736. The van der Waals surface area contributed by atoms with Gasteiger partial charge in [-0.25, -0.2) is 4.39 Å². The Kier molecular flexibility index (Phi) is 6.12. The van der Waals surface area contributed by atoms with E-state index in [0.717, 1.165) is 0 Å². The van der Waals surface area contributed by atoms with Gasteiger partial charge in [0, 0.05) is 16.8 Å². The predicted octanol–water partition coefficient (Wildman–Crippen LogP) is 4.96. The highest BCUT2D eigenvalue weighted by molar-refractivity contribution is 5.94. The molecule has 162 valence electrons. The van der Waals surface area contributed by atoms with E-state index in [4.69, 9.17) is 14.0 Å². The molecule has 1 aromatic heterocycles. The second kappa shape index (κ2) is 9.30. The van der Waals surface area contributed by atoms with Crippen molar-refractivity contribution in [3.63, 3.8) is 0 Å². The Bertz CT molecular complexity index is 1210. The lowest BCUT2D eigenvalue weighted by atomic mass is 10.2. The SMILES string of the molecule is COc1ccccc1O[C@H](C)C(=O)Nc1ccc(-c2nc(-c3ccc(F)cc3)no2)cc1. The zero-order chi connectivity index (χ0) is 22.5. The number of nitrogens with one attached hydrogen (secondary N) is 1. The minimum absolute atomic E-state index is 0.306. The Labute approximate surface area is 183 Å². The number of para-hydroxylation sites is 2. The third kappa shape index (κ3) is 4.75. The van der Waals surface area contributed by atoms with Crippen molar-refractivity contribution in [2.24, 2.45) is 0 Å². The summed E-state index contributed by atoms with van der Waals surface area (Å²) >= 11 is 0. The van der Waals surface area contributed by atoms with Gasteiger partial charge < -0.3 is 19.3 Å². The minimum Gasteiger partial charge on any atom is -0.493 e. The van der Waals surface area contributed by atoms with Crippen LogP contribution in [0.1, 0.15) is 6.92 Å². The van der Waals surface area contributed by atoms with Gasteiger partial charge in [-0.3, -0.25) is 4.79 Å². The van der Waals surface area contributed by atoms with E-state index in [1.807, 2.05) is 6.07 Å². The van der Waals surface area contributed by atoms with Crippen LogP contribution in [0.15, 0.2) is 77.3 Å². The second-order valence-electron chi connectivity index (χ2n) is 6.91. The molecule has 0 saturated carbocycles. The Morgan fingerprint density at radius 3 is 2.31 bits per heavy atom. The summed E-state index contributed by atoms with van der Waals surface area (Å²) < 4.78 is 29.4. The maximum atomic E-state index is 13.1. The van der Waals surface area contributed by atoms with Crippen LogP contribution >= 0.6 is 0 Å². The minimum atomic E-state index is -0.736. The molecule has 4 rings (SSSR count). The quantitative estimate of drug-likeness (QED) is 0.443. The van der Waals surface area contributed by atoms with Crippen LogP contribution in [0.25, 0.3) is 22.8 Å². The van der Waals surface area contributed by atoms with Gasteiger partial charge in [0.1, 0.15) is 5.82 Å². The van der Waals surface area contributed by atoms with E-state index in [2.05, 4.69) is 15.5 Å². The van der Waals surface area contributed by atoms with Crippen molar-refractivity contribution in [1.82, 2.24) is 10.1 Å². The monoisotopic (exact) mass is 433 g/mol. The largest absolute Gasteiger partial charge is 0.493 e. The van der Waals surface area contributed by atoms with Crippen molar-refractivity contribution in [1.29, 1.82) is 0 Å². The van der Waals surface area contributed by atoms with Crippen LogP contribution in [0.4, 0.5) is 10.1 Å². The predicted molar refractivity (Wildman–Crippen MR) is 117 cm³/mol. The summed E-state index contributed by atoms with van der Waals surface area (Å²) in [7, 11) is 1.54. The molecule has 3 aromatic carbocycles. The highest BCUT2D eigenvalue weighted by Crippen LogP contribution is 2.27. The van der Waals surface area contributed by atoms with E-state index in [1.54, 1.807) is 68.6 Å². The van der Waals surface area contributed by atoms with Crippen molar-refractivity contribution < 1.29 is 23.2 Å². The molecule has 8 heteroatoms. The lowest BCUT2D eigenvalue weighted by Gasteiger charge is -2.16. The standard InChI is InChI=1S/C24H20FN3O4/c1-15(31-21-6-4-3-5-20(21)30-2)23(29)26-19-13-9-17(10-14-19)24-27-22(28-32-24)16-7-11-18(25)12-8-16/h3-15H,1-2H3,(H,26,29)/t15-/m1/s1. The smallest absolute Gasteiger partial charge is 0.265 e. The molecule has 0 bridgehead atoms. The van der Waals surface area contributed by atoms with Gasteiger partial charge >= 0.3 is 0 Å². The Hall–Kier alpha value is -4.20. The van der Waals surface area contributed by atoms with E-state index in [0.29, 0.717) is 40.0 Å². The fourth-order valence-corrected chi connectivity index (χ4v) is 2.96. The van der Waals surface area contributed by atoms with Crippen molar-refractivity contribution >= 4 is 11.6 Å². The van der Waals surface area contributed by atoms with Crippen LogP contribution in [0.5, 0.6) is 11.5 Å². The molecule has 1 atom stereocenters. The number of benzene rings is 3. The van der Waals surface area contributed by atoms with Gasteiger partial charge in [0.15, 0.2) is 17.6 Å². The molecule has 0 aliphatic rings. The number of nitrogens with zero attached hydrogens (tertiary/aromatic N) is 2. The molecular formula is C24H20FN3O4. The van der Waals surface area contributed by atoms with Crippen molar-refractivity contribution in [3.8, 4) is 34.3 Å². The number of carbonyl (C=O) groups is 1. The van der Waals surface area contributed by atoms with Crippen LogP contribution in [0.2, 0.25) is 0 Å². The number of hydrogen-bond donors (Lipinski definition) is 1. The molecule has 0 saturated heterocycles. The van der Waals surface area contributed by atoms with Crippen LogP contribution in [0.3, 0.4) is 0 Å². The molecule has 7 nitrogen and oxygen atoms in total. The van der Waals surface area contributed by atoms with E-state index < -0.39 is 6.10 Å². The van der Waals surface area contributed by atoms with Gasteiger partial charge in [-0.1, -0.05) is 17.3 Å². The number of anilines is 1. The third-order valence-corrected chi connectivity index (χ3v) is 4.67. The molecule has 1 heterocycles. The number of rotatable bonds is 7. The van der Waals surface area contributed by atoms with E-state index in [-0.39, 0.29) is 11.7 Å². The van der Waals surface area contributed by atoms with Gasteiger partial charge in [-0.15, -0.1) is 0 Å². The van der Waals surface area contributed by atoms with Gasteiger partial charge in [0.25, 0.3) is 11.8 Å². The lowest BCUT2D eigenvalue weighted by Crippen LogP contribution is -2.30. The number of halogens is 1. The molecule has 0 radical (unpaired) electrons. The van der Waals surface area contributed by atoms with Crippen molar-refractivity contribution in [2.75, 3.05) is 12.4 Å². The van der Waals surface area contributed by atoms with Crippen LogP contribution in [0, 0.1) is 5.82 Å². The second-order valence-corrected chi connectivity index (χ2v) is 6.91. The number of methoxy groups -OCH3 is 1. The number of amides is 1. The average Bonchev–Trinajstić information content (AvgIpc) is 3.30. The Balaban J connectivity index is 1.40. The average molecular weight is 433 g/mol. The van der Waals surface area contributed by atoms with Crippen LogP contribution in [-0.2, 0) is 4.79 Å². The maximum absolute atomic E-state index is 13.1. The van der Waals surface area contributed by atoms with Crippen LogP contribution < -0.4 is 14.8 Å². The van der Waals surface area contributed by atoms with Gasteiger partial charge in [-0.05, 0) is 67.6 Å². The summed E-state index contributed by atoms with van der Waals surface area (Å²) in [4.78, 5) is 16.9.